The van der Waals surface area contributed by atoms with Crippen LogP contribution in [0.4, 0.5) is 10.1 Å². The smallest absolute Gasteiger partial charge is 0.244 e. The number of nitrogens with zero attached hydrogens (tertiary/aromatic N) is 2. The number of carbonyl (C=O) groups excluding carboxylic acids is 1. The number of amides is 1. The number of hydrogen-bond acceptors (Lipinski definition) is 2. The van der Waals surface area contributed by atoms with Crippen LogP contribution in [0.15, 0.2) is 48.5 Å². The number of hydrogen-bond donors (Lipinski definition) is 0. The second-order valence-electron chi connectivity index (χ2n) is 5.68. The van der Waals surface area contributed by atoms with Crippen LogP contribution in [0.25, 0.3) is 0 Å². The largest absolute Gasteiger partial charge is 0.308 e. The Bertz CT molecular complexity index is 722. The van der Waals surface area contributed by atoms with Crippen molar-refractivity contribution in [1.29, 1.82) is 0 Å². The van der Waals surface area contributed by atoms with E-state index in [1.165, 1.54) is 6.07 Å². The third-order valence-corrected chi connectivity index (χ3v) is 4.58. The third kappa shape index (κ3) is 3.23. The molecule has 0 spiro atoms. The summed E-state index contributed by atoms with van der Waals surface area (Å²) >= 11 is 6.20. The SMILES string of the molecule is CC1C(=O)N(c2ccccc2Cl)CCN1Cc1ccccc1F. The lowest BCUT2D eigenvalue weighted by Crippen LogP contribution is -2.55. The van der Waals surface area contributed by atoms with Crippen molar-refractivity contribution in [1.82, 2.24) is 4.90 Å². The van der Waals surface area contributed by atoms with E-state index in [1.54, 1.807) is 23.1 Å². The van der Waals surface area contributed by atoms with E-state index in [2.05, 4.69) is 0 Å². The molecule has 0 aliphatic carbocycles. The first kappa shape index (κ1) is 16.0. The molecular weight excluding hydrogens is 315 g/mol. The molecule has 0 radical (unpaired) electrons. The van der Waals surface area contributed by atoms with Gasteiger partial charge in [-0.05, 0) is 25.1 Å². The normalized spacial score (nSPS) is 19.2. The van der Waals surface area contributed by atoms with Crippen LogP contribution in [-0.2, 0) is 11.3 Å². The van der Waals surface area contributed by atoms with Gasteiger partial charge in [0.05, 0.1) is 16.8 Å². The molecule has 0 saturated carbocycles. The Balaban J connectivity index is 1.77. The minimum Gasteiger partial charge on any atom is -0.308 e. The van der Waals surface area contributed by atoms with Crippen molar-refractivity contribution in [2.24, 2.45) is 0 Å². The Morgan fingerprint density at radius 2 is 1.83 bits per heavy atom. The number of carbonyl (C=O) groups is 1. The average molecular weight is 333 g/mol. The van der Waals surface area contributed by atoms with Crippen LogP contribution >= 0.6 is 11.6 Å². The zero-order valence-electron chi connectivity index (χ0n) is 12.9. The van der Waals surface area contributed by atoms with Crippen LogP contribution in [0.2, 0.25) is 5.02 Å². The monoisotopic (exact) mass is 332 g/mol. The number of anilines is 1. The fourth-order valence-electron chi connectivity index (χ4n) is 2.89. The van der Waals surface area contributed by atoms with Crippen molar-refractivity contribution in [2.75, 3.05) is 18.0 Å². The highest BCUT2D eigenvalue weighted by Gasteiger charge is 2.33. The zero-order chi connectivity index (χ0) is 16.4. The fourth-order valence-corrected chi connectivity index (χ4v) is 3.12. The van der Waals surface area contributed by atoms with Gasteiger partial charge in [-0.3, -0.25) is 9.69 Å². The zero-order valence-corrected chi connectivity index (χ0v) is 13.6. The Kier molecular flexibility index (Phi) is 4.64. The van der Waals surface area contributed by atoms with Crippen molar-refractivity contribution >= 4 is 23.2 Å². The van der Waals surface area contributed by atoms with Gasteiger partial charge in [0.25, 0.3) is 0 Å². The number of para-hydroxylation sites is 1. The molecule has 1 saturated heterocycles. The standard InChI is InChI=1S/C18H18ClFN2O/c1-13-18(23)22(17-9-5-3-7-15(17)19)11-10-21(13)12-14-6-2-4-8-16(14)20/h2-9,13H,10-12H2,1H3. The lowest BCUT2D eigenvalue weighted by Gasteiger charge is -2.39. The predicted molar refractivity (Wildman–Crippen MR) is 90.1 cm³/mol. The van der Waals surface area contributed by atoms with E-state index in [0.717, 1.165) is 5.69 Å². The average Bonchev–Trinajstić information content (AvgIpc) is 2.55. The molecule has 0 bridgehead atoms. The first-order chi connectivity index (χ1) is 11.1. The quantitative estimate of drug-likeness (QED) is 0.855. The summed E-state index contributed by atoms with van der Waals surface area (Å²) in [4.78, 5) is 16.4. The summed E-state index contributed by atoms with van der Waals surface area (Å²) in [6.45, 7) is 3.50. The molecule has 5 heteroatoms. The summed E-state index contributed by atoms with van der Waals surface area (Å²) in [5.41, 5.74) is 1.34. The van der Waals surface area contributed by atoms with Gasteiger partial charge in [0, 0.05) is 25.2 Å². The summed E-state index contributed by atoms with van der Waals surface area (Å²) in [6, 6.07) is 13.7. The lowest BCUT2D eigenvalue weighted by atomic mass is 10.1. The van der Waals surface area contributed by atoms with E-state index in [1.807, 2.05) is 36.1 Å². The van der Waals surface area contributed by atoms with Crippen LogP contribution in [0.3, 0.4) is 0 Å². The molecule has 3 nitrogen and oxygen atoms in total. The Labute approximate surface area is 140 Å². The van der Waals surface area contributed by atoms with Crippen molar-refractivity contribution < 1.29 is 9.18 Å². The number of piperazine rings is 1. The number of rotatable bonds is 3. The first-order valence-electron chi connectivity index (χ1n) is 7.61. The predicted octanol–water partition coefficient (Wildman–Crippen LogP) is 3.72. The molecule has 1 aliphatic rings. The summed E-state index contributed by atoms with van der Waals surface area (Å²) < 4.78 is 13.8. The molecule has 1 aliphatic heterocycles. The van der Waals surface area contributed by atoms with Gasteiger partial charge in [-0.15, -0.1) is 0 Å². The maximum Gasteiger partial charge on any atom is 0.244 e. The van der Waals surface area contributed by atoms with Crippen molar-refractivity contribution in [3.63, 3.8) is 0 Å². The second kappa shape index (κ2) is 6.69. The minimum atomic E-state index is -0.320. The summed E-state index contributed by atoms with van der Waals surface area (Å²) in [7, 11) is 0. The molecule has 1 atom stereocenters. The molecule has 1 fully saturated rings. The topological polar surface area (TPSA) is 23.6 Å². The van der Waals surface area contributed by atoms with Crippen LogP contribution in [-0.4, -0.2) is 29.9 Å². The van der Waals surface area contributed by atoms with Crippen LogP contribution in [0.1, 0.15) is 12.5 Å². The molecule has 0 N–H and O–H groups in total. The Hall–Kier alpha value is -1.91. The molecule has 1 unspecified atom stereocenters. The number of benzene rings is 2. The van der Waals surface area contributed by atoms with Gasteiger partial charge >= 0.3 is 0 Å². The van der Waals surface area contributed by atoms with E-state index in [-0.39, 0.29) is 17.8 Å². The van der Waals surface area contributed by atoms with Crippen molar-refractivity contribution in [2.45, 2.75) is 19.5 Å². The second-order valence-corrected chi connectivity index (χ2v) is 6.09. The Morgan fingerprint density at radius 1 is 1.13 bits per heavy atom. The highest BCUT2D eigenvalue weighted by molar-refractivity contribution is 6.33. The van der Waals surface area contributed by atoms with E-state index < -0.39 is 0 Å². The van der Waals surface area contributed by atoms with Crippen molar-refractivity contribution in [3.8, 4) is 0 Å². The summed E-state index contributed by atoms with van der Waals surface area (Å²) in [6.07, 6.45) is 0. The summed E-state index contributed by atoms with van der Waals surface area (Å²) in [5, 5.41) is 0.565. The van der Waals surface area contributed by atoms with Gasteiger partial charge < -0.3 is 4.90 Å². The molecule has 0 aromatic heterocycles. The van der Waals surface area contributed by atoms with Crippen LogP contribution in [0.5, 0.6) is 0 Å². The molecule has 2 aromatic rings. The molecule has 1 heterocycles. The van der Waals surface area contributed by atoms with Crippen molar-refractivity contribution in [3.05, 3.63) is 64.9 Å². The van der Waals surface area contributed by atoms with Gasteiger partial charge in [-0.25, -0.2) is 4.39 Å². The van der Waals surface area contributed by atoms with Gasteiger partial charge in [-0.1, -0.05) is 41.9 Å². The van der Waals surface area contributed by atoms with Crippen LogP contribution < -0.4 is 4.90 Å². The molecule has 23 heavy (non-hydrogen) atoms. The summed E-state index contributed by atoms with van der Waals surface area (Å²) in [5.74, 6) is -0.249. The van der Waals surface area contributed by atoms with Gasteiger partial charge in [0.15, 0.2) is 0 Å². The maximum atomic E-state index is 13.8. The molecule has 2 aromatic carbocycles. The van der Waals surface area contributed by atoms with Gasteiger partial charge in [0.1, 0.15) is 5.82 Å². The lowest BCUT2D eigenvalue weighted by molar-refractivity contribution is -0.125. The number of halogens is 2. The van der Waals surface area contributed by atoms with Crippen LogP contribution in [0, 0.1) is 5.82 Å². The van der Waals surface area contributed by atoms with E-state index in [4.69, 9.17) is 11.6 Å². The maximum absolute atomic E-state index is 13.8. The first-order valence-corrected chi connectivity index (χ1v) is 7.99. The highest BCUT2D eigenvalue weighted by Crippen LogP contribution is 2.28. The molecular formula is C18H18ClFN2O. The molecule has 1 amide bonds. The molecule has 3 rings (SSSR count). The highest BCUT2D eigenvalue weighted by atomic mass is 35.5. The van der Waals surface area contributed by atoms with E-state index in [0.29, 0.717) is 30.2 Å². The minimum absolute atomic E-state index is 0.0133. The fraction of sp³-hybridized carbons (Fsp3) is 0.278. The molecule has 120 valence electrons. The van der Waals surface area contributed by atoms with Gasteiger partial charge in [-0.2, -0.15) is 0 Å². The van der Waals surface area contributed by atoms with E-state index in [9.17, 15) is 9.18 Å². The van der Waals surface area contributed by atoms with E-state index >= 15 is 0 Å². The third-order valence-electron chi connectivity index (χ3n) is 4.26. The van der Waals surface area contributed by atoms with Gasteiger partial charge in [0.2, 0.25) is 5.91 Å². The Morgan fingerprint density at radius 3 is 2.57 bits per heavy atom.